The van der Waals surface area contributed by atoms with Crippen LogP contribution < -0.4 is 0 Å². The van der Waals surface area contributed by atoms with Crippen molar-refractivity contribution in [2.45, 2.75) is 52.5 Å². The number of carboxylic acids is 1. The number of rotatable bonds is 5. The van der Waals surface area contributed by atoms with Crippen LogP contribution >= 0.6 is 0 Å². The topological polar surface area (TPSA) is 57.6 Å². The van der Waals surface area contributed by atoms with Gasteiger partial charge in [0, 0.05) is 12.1 Å². The van der Waals surface area contributed by atoms with E-state index in [-0.39, 0.29) is 11.4 Å². The molecule has 4 nitrogen and oxygen atoms in total. The van der Waals surface area contributed by atoms with Crippen molar-refractivity contribution in [3.63, 3.8) is 0 Å². The molecule has 114 valence electrons. The zero-order valence-corrected chi connectivity index (χ0v) is 13.1. The monoisotopic (exact) mass is 281 g/mol. The molecular weight excluding hydrogens is 254 g/mol. The minimum Gasteiger partial charge on any atom is -0.481 e. The highest BCUT2D eigenvalue weighted by Crippen LogP contribution is 2.40. The second kappa shape index (κ2) is 6.42. The van der Waals surface area contributed by atoms with Gasteiger partial charge in [0.05, 0.1) is 11.8 Å². The van der Waals surface area contributed by atoms with E-state index >= 15 is 0 Å². The molecule has 0 aromatic carbocycles. The Balaban J connectivity index is 2.97. The van der Waals surface area contributed by atoms with Crippen LogP contribution in [-0.4, -0.2) is 34.0 Å². The second-order valence-electron chi connectivity index (χ2n) is 6.71. The second-order valence-corrected chi connectivity index (χ2v) is 6.71. The summed E-state index contributed by atoms with van der Waals surface area (Å²) in [5, 5.41) is 9.37. The molecular formula is C16H27NO3. The lowest BCUT2D eigenvalue weighted by Crippen LogP contribution is -2.49. The summed E-state index contributed by atoms with van der Waals surface area (Å²) in [5.41, 5.74) is -0.321. The normalized spacial score (nSPS) is 26.3. The van der Waals surface area contributed by atoms with Crippen molar-refractivity contribution in [1.29, 1.82) is 0 Å². The van der Waals surface area contributed by atoms with Crippen LogP contribution in [0.3, 0.4) is 0 Å². The zero-order valence-electron chi connectivity index (χ0n) is 13.1. The third-order valence-electron chi connectivity index (χ3n) is 4.26. The van der Waals surface area contributed by atoms with Crippen LogP contribution in [0.5, 0.6) is 0 Å². The van der Waals surface area contributed by atoms with Gasteiger partial charge in [0.1, 0.15) is 0 Å². The Bertz CT molecular complexity index is 384. The van der Waals surface area contributed by atoms with E-state index < -0.39 is 17.8 Å². The zero-order chi connectivity index (χ0) is 15.5. The van der Waals surface area contributed by atoms with Crippen molar-refractivity contribution in [3.8, 4) is 0 Å². The molecule has 0 aromatic heterocycles. The summed E-state index contributed by atoms with van der Waals surface area (Å²) in [5.74, 6) is -1.47. The molecule has 1 fully saturated rings. The average molecular weight is 281 g/mol. The molecule has 1 rings (SSSR count). The fourth-order valence-corrected chi connectivity index (χ4v) is 3.05. The Morgan fingerprint density at radius 1 is 1.30 bits per heavy atom. The summed E-state index contributed by atoms with van der Waals surface area (Å²) in [6.45, 7) is 12.1. The van der Waals surface area contributed by atoms with Crippen molar-refractivity contribution in [2.75, 3.05) is 6.54 Å². The maximum absolute atomic E-state index is 12.8. The molecule has 1 aliphatic rings. The maximum Gasteiger partial charge on any atom is 0.307 e. The molecule has 1 N–H and O–H groups in total. The Hall–Kier alpha value is -1.32. The van der Waals surface area contributed by atoms with Crippen LogP contribution in [0.2, 0.25) is 0 Å². The average Bonchev–Trinajstić information content (AvgIpc) is 2.78. The minimum absolute atomic E-state index is 0.0410. The number of carboxylic acid groups (broad SMARTS) is 1. The van der Waals surface area contributed by atoms with Crippen LogP contribution in [0.15, 0.2) is 12.7 Å². The van der Waals surface area contributed by atoms with Gasteiger partial charge >= 0.3 is 5.97 Å². The lowest BCUT2D eigenvalue weighted by Gasteiger charge is -2.37. The Labute approximate surface area is 121 Å². The van der Waals surface area contributed by atoms with E-state index in [1.165, 1.54) is 0 Å². The predicted molar refractivity (Wildman–Crippen MR) is 79.3 cm³/mol. The fraction of sp³-hybridized carbons (Fsp3) is 0.750. The molecule has 1 aliphatic carbocycles. The number of carbonyl (C=O) groups excluding carboxylic acids is 1. The number of hydrogen-bond donors (Lipinski definition) is 1. The van der Waals surface area contributed by atoms with E-state index in [0.717, 1.165) is 6.42 Å². The van der Waals surface area contributed by atoms with Crippen molar-refractivity contribution in [2.24, 2.45) is 17.8 Å². The Morgan fingerprint density at radius 3 is 2.25 bits per heavy atom. The Kier molecular flexibility index (Phi) is 5.37. The van der Waals surface area contributed by atoms with E-state index in [1.54, 1.807) is 11.0 Å². The highest BCUT2D eigenvalue weighted by molar-refractivity contribution is 5.86. The number of carbonyl (C=O) groups is 2. The van der Waals surface area contributed by atoms with Gasteiger partial charge in [-0.15, -0.1) is 6.58 Å². The van der Waals surface area contributed by atoms with E-state index in [9.17, 15) is 14.7 Å². The van der Waals surface area contributed by atoms with E-state index in [0.29, 0.717) is 25.3 Å². The quantitative estimate of drug-likeness (QED) is 0.788. The van der Waals surface area contributed by atoms with E-state index in [4.69, 9.17) is 0 Å². The molecule has 3 atom stereocenters. The van der Waals surface area contributed by atoms with Gasteiger partial charge < -0.3 is 10.0 Å². The minimum atomic E-state index is -0.841. The third-order valence-corrected chi connectivity index (χ3v) is 4.26. The number of aliphatic carboxylic acids is 1. The van der Waals surface area contributed by atoms with Crippen LogP contribution in [-0.2, 0) is 9.59 Å². The third kappa shape index (κ3) is 3.62. The molecule has 1 saturated carbocycles. The number of hydrogen-bond acceptors (Lipinski definition) is 2. The summed E-state index contributed by atoms with van der Waals surface area (Å²) in [6, 6.07) is 0. The molecule has 3 unspecified atom stereocenters. The Morgan fingerprint density at radius 2 is 1.85 bits per heavy atom. The van der Waals surface area contributed by atoms with Crippen molar-refractivity contribution in [1.82, 2.24) is 4.90 Å². The first-order valence-electron chi connectivity index (χ1n) is 7.37. The lowest BCUT2D eigenvalue weighted by molar-refractivity contribution is -0.151. The summed E-state index contributed by atoms with van der Waals surface area (Å²) >= 11 is 0. The first-order valence-corrected chi connectivity index (χ1v) is 7.37. The van der Waals surface area contributed by atoms with Gasteiger partial charge in [0.25, 0.3) is 0 Å². The summed E-state index contributed by atoms with van der Waals surface area (Å²) in [6.07, 6.45) is 3.94. The highest BCUT2D eigenvalue weighted by Gasteiger charge is 2.44. The lowest BCUT2D eigenvalue weighted by atomic mass is 9.92. The van der Waals surface area contributed by atoms with Gasteiger partial charge in [0.15, 0.2) is 0 Å². The SMILES string of the molecule is C=CCN(C(=O)C1CC(CC)CC1C(=O)O)C(C)(C)C. The molecule has 0 spiro atoms. The molecule has 4 heteroatoms. The summed E-state index contributed by atoms with van der Waals surface area (Å²) in [7, 11) is 0. The van der Waals surface area contributed by atoms with E-state index in [1.807, 2.05) is 20.8 Å². The standard InChI is InChI=1S/C16H27NO3/c1-6-8-17(16(3,4)5)14(18)12-9-11(7-2)10-13(12)15(19)20/h6,11-13H,1,7-10H2,2-5H3,(H,19,20). The van der Waals surface area contributed by atoms with Crippen molar-refractivity contribution < 1.29 is 14.7 Å². The highest BCUT2D eigenvalue weighted by atomic mass is 16.4. The van der Waals surface area contributed by atoms with Gasteiger partial charge in [0.2, 0.25) is 5.91 Å². The van der Waals surface area contributed by atoms with Crippen molar-refractivity contribution in [3.05, 3.63) is 12.7 Å². The molecule has 0 aromatic rings. The fourth-order valence-electron chi connectivity index (χ4n) is 3.05. The molecule has 0 saturated heterocycles. The van der Waals surface area contributed by atoms with Gasteiger partial charge in [-0.2, -0.15) is 0 Å². The van der Waals surface area contributed by atoms with Gasteiger partial charge in [-0.3, -0.25) is 9.59 Å². The predicted octanol–water partition coefficient (Wildman–Crippen LogP) is 2.94. The van der Waals surface area contributed by atoms with Crippen LogP contribution in [0, 0.1) is 17.8 Å². The maximum atomic E-state index is 12.8. The molecule has 0 aliphatic heterocycles. The van der Waals surface area contributed by atoms with E-state index in [2.05, 4.69) is 13.5 Å². The molecule has 20 heavy (non-hydrogen) atoms. The van der Waals surface area contributed by atoms with Gasteiger partial charge in [-0.25, -0.2) is 0 Å². The first-order chi connectivity index (χ1) is 9.22. The summed E-state index contributed by atoms with van der Waals surface area (Å²) < 4.78 is 0. The molecule has 0 heterocycles. The number of nitrogens with zero attached hydrogens (tertiary/aromatic N) is 1. The first kappa shape index (κ1) is 16.7. The van der Waals surface area contributed by atoms with Gasteiger partial charge in [-0.05, 0) is 39.5 Å². The van der Waals surface area contributed by atoms with Gasteiger partial charge in [-0.1, -0.05) is 19.4 Å². The summed E-state index contributed by atoms with van der Waals surface area (Å²) in [4.78, 5) is 25.9. The number of amides is 1. The van der Waals surface area contributed by atoms with Crippen LogP contribution in [0.25, 0.3) is 0 Å². The smallest absolute Gasteiger partial charge is 0.307 e. The largest absolute Gasteiger partial charge is 0.481 e. The molecule has 0 bridgehead atoms. The molecule has 1 amide bonds. The van der Waals surface area contributed by atoms with Crippen LogP contribution in [0.1, 0.15) is 47.0 Å². The van der Waals surface area contributed by atoms with Crippen LogP contribution in [0.4, 0.5) is 0 Å². The van der Waals surface area contributed by atoms with Crippen molar-refractivity contribution >= 4 is 11.9 Å². The molecule has 0 radical (unpaired) electrons.